The van der Waals surface area contributed by atoms with Crippen molar-refractivity contribution in [1.82, 2.24) is 0 Å². The van der Waals surface area contributed by atoms with Crippen molar-refractivity contribution in [1.29, 1.82) is 0 Å². The van der Waals surface area contributed by atoms with Crippen LogP contribution in [0.15, 0.2) is 12.1 Å². The molecule has 0 amide bonds. The van der Waals surface area contributed by atoms with Gasteiger partial charge in [-0.3, -0.25) is 0 Å². The minimum Gasteiger partial charge on any atom is -0.507 e. The number of rotatable bonds is 4. The second-order valence-electron chi connectivity index (χ2n) is 4.10. The summed E-state index contributed by atoms with van der Waals surface area (Å²) in [5.74, 6) is 0.930. The molecule has 1 aromatic rings. The first kappa shape index (κ1) is 12.8. The zero-order chi connectivity index (χ0) is 11.4. The van der Waals surface area contributed by atoms with E-state index in [1.165, 1.54) is 5.56 Å². The molecule has 0 aliphatic heterocycles. The summed E-state index contributed by atoms with van der Waals surface area (Å²) >= 11 is 2.39. The van der Waals surface area contributed by atoms with Gasteiger partial charge in [0.1, 0.15) is 5.75 Å². The second-order valence-corrected chi connectivity index (χ2v) is 5.18. The molecule has 0 saturated heterocycles. The monoisotopic (exact) mass is 318 g/mol. The van der Waals surface area contributed by atoms with E-state index in [1.807, 2.05) is 6.92 Å². The Morgan fingerprint density at radius 2 is 2.07 bits per heavy atom. The molecule has 0 bridgehead atoms. The first-order chi connectivity index (χ1) is 7.10. The van der Waals surface area contributed by atoms with Gasteiger partial charge in [-0.05, 0) is 42.4 Å². The largest absolute Gasteiger partial charge is 0.507 e. The van der Waals surface area contributed by atoms with E-state index < -0.39 is 0 Å². The van der Waals surface area contributed by atoms with Gasteiger partial charge in [-0.25, -0.2) is 0 Å². The average Bonchev–Trinajstić information content (AvgIpc) is 2.22. The topological polar surface area (TPSA) is 20.2 Å². The molecule has 84 valence electrons. The third-order valence-electron chi connectivity index (χ3n) is 2.92. The quantitative estimate of drug-likeness (QED) is 0.652. The van der Waals surface area contributed by atoms with Crippen molar-refractivity contribution in [3.8, 4) is 5.75 Å². The summed E-state index contributed by atoms with van der Waals surface area (Å²) < 4.78 is 1.13. The van der Waals surface area contributed by atoms with Gasteiger partial charge < -0.3 is 5.11 Å². The van der Waals surface area contributed by atoms with Gasteiger partial charge in [-0.15, -0.1) is 0 Å². The number of aryl methyl sites for hydroxylation is 2. The molecule has 0 fully saturated rings. The van der Waals surface area contributed by atoms with Crippen LogP contribution in [0.4, 0.5) is 0 Å². The lowest BCUT2D eigenvalue weighted by molar-refractivity contribution is 0.457. The lowest BCUT2D eigenvalue weighted by Crippen LogP contribution is -1.97. The predicted molar refractivity (Wildman–Crippen MR) is 74.1 cm³/mol. The van der Waals surface area contributed by atoms with E-state index in [-0.39, 0.29) is 0 Å². The van der Waals surface area contributed by atoms with E-state index in [9.17, 15) is 5.11 Å². The zero-order valence-electron chi connectivity index (χ0n) is 9.68. The van der Waals surface area contributed by atoms with Crippen LogP contribution >= 0.6 is 22.6 Å². The highest BCUT2D eigenvalue weighted by Crippen LogP contribution is 2.32. The summed E-state index contributed by atoms with van der Waals surface area (Å²) in [6, 6.07) is 4.26. The normalized spacial score (nSPS) is 12.8. The number of hydrogen-bond acceptors (Lipinski definition) is 1. The lowest BCUT2D eigenvalue weighted by atomic mass is 9.93. The van der Waals surface area contributed by atoms with E-state index in [1.54, 1.807) is 0 Å². The smallest absolute Gasteiger partial charge is 0.121 e. The Hall–Kier alpha value is -0.250. The molecule has 0 aliphatic rings. The van der Waals surface area contributed by atoms with Crippen molar-refractivity contribution >= 4 is 22.6 Å². The predicted octanol–water partition coefficient (Wildman–Crippen LogP) is 4.19. The first-order valence-corrected chi connectivity index (χ1v) is 7.01. The Kier molecular flexibility index (Phi) is 4.90. The zero-order valence-corrected chi connectivity index (χ0v) is 11.8. The Labute approximate surface area is 106 Å². The van der Waals surface area contributed by atoms with Gasteiger partial charge >= 0.3 is 0 Å². The summed E-state index contributed by atoms with van der Waals surface area (Å²) in [4.78, 5) is 0. The van der Waals surface area contributed by atoms with Crippen LogP contribution in [0.3, 0.4) is 0 Å². The van der Waals surface area contributed by atoms with E-state index in [0.29, 0.717) is 11.7 Å². The fraction of sp³-hybridized carbons (Fsp3) is 0.538. The van der Waals surface area contributed by atoms with Crippen LogP contribution in [-0.2, 0) is 6.42 Å². The summed E-state index contributed by atoms with van der Waals surface area (Å²) in [5, 5.41) is 9.99. The first-order valence-electron chi connectivity index (χ1n) is 5.48. The van der Waals surface area contributed by atoms with Gasteiger partial charge in [0.2, 0.25) is 0 Å². The molecular weight excluding hydrogens is 299 g/mol. The molecule has 1 nitrogen and oxygen atoms in total. The Morgan fingerprint density at radius 3 is 2.60 bits per heavy atom. The number of alkyl halides is 1. The van der Waals surface area contributed by atoms with Gasteiger partial charge in [-0.1, -0.05) is 48.6 Å². The number of benzene rings is 1. The molecule has 0 aliphatic carbocycles. The van der Waals surface area contributed by atoms with Crippen molar-refractivity contribution in [2.75, 3.05) is 4.43 Å². The van der Waals surface area contributed by atoms with Crippen molar-refractivity contribution in [2.45, 2.75) is 39.5 Å². The van der Waals surface area contributed by atoms with Crippen LogP contribution in [0.5, 0.6) is 5.75 Å². The maximum Gasteiger partial charge on any atom is 0.121 e. The van der Waals surface area contributed by atoms with Crippen molar-refractivity contribution in [2.24, 2.45) is 0 Å². The van der Waals surface area contributed by atoms with Crippen molar-refractivity contribution in [3.63, 3.8) is 0 Å². The number of halogens is 1. The molecule has 2 heteroatoms. The third-order valence-corrected chi connectivity index (χ3v) is 3.46. The minimum absolute atomic E-state index is 0.442. The molecule has 15 heavy (non-hydrogen) atoms. The number of aromatic hydroxyl groups is 1. The van der Waals surface area contributed by atoms with E-state index in [2.05, 4.69) is 48.6 Å². The van der Waals surface area contributed by atoms with E-state index in [4.69, 9.17) is 0 Å². The summed E-state index contributed by atoms with van der Waals surface area (Å²) in [6.45, 7) is 6.31. The third kappa shape index (κ3) is 3.10. The lowest BCUT2D eigenvalue weighted by Gasteiger charge is -2.15. The minimum atomic E-state index is 0.442. The Bertz CT molecular complexity index is 334. The highest BCUT2D eigenvalue weighted by molar-refractivity contribution is 14.1. The van der Waals surface area contributed by atoms with Gasteiger partial charge in [0, 0.05) is 4.43 Å². The number of phenolic OH excluding ortho intramolecular Hbond substituents is 1. The molecule has 0 spiro atoms. The molecule has 0 aromatic heterocycles. The van der Waals surface area contributed by atoms with Crippen molar-refractivity contribution in [3.05, 3.63) is 28.8 Å². The fourth-order valence-electron chi connectivity index (χ4n) is 1.73. The molecule has 0 radical (unpaired) electrons. The summed E-state index contributed by atoms with van der Waals surface area (Å²) in [6.07, 6.45) is 2.16. The Morgan fingerprint density at radius 1 is 1.40 bits per heavy atom. The van der Waals surface area contributed by atoms with E-state index in [0.717, 1.165) is 28.4 Å². The maximum atomic E-state index is 9.99. The molecule has 0 heterocycles. The van der Waals surface area contributed by atoms with Gasteiger partial charge in [0.15, 0.2) is 0 Å². The highest BCUT2D eigenvalue weighted by Gasteiger charge is 2.11. The molecule has 1 unspecified atom stereocenters. The second kappa shape index (κ2) is 5.73. The standard InChI is InChI=1S/C13H19IO/c1-4-9(2)12-8-11(5-6-14)7-10(3)13(12)15/h7-9,15H,4-6H2,1-3H3. The summed E-state index contributed by atoms with van der Waals surface area (Å²) in [7, 11) is 0. The van der Waals surface area contributed by atoms with Crippen LogP contribution in [0.2, 0.25) is 0 Å². The molecule has 1 atom stereocenters. The molecule has 0 saturated carbocycles. The Balaban J connectivity index is 3.12. The van der Waals surface area contributed by atoms with Crippen LogP contribution < -0.4 is 0 Å². The van der Waals surface area contributed by atoms with Gasteiger partial charge in [0.25, 0.3) is 0 Å². The average molecular weight is 318 g/mol. The van der Waals surface area contributed by atoms with Gasteiger partial charge in [-0.2, -0.15) is 0 Å². The van der Waals surface area contributed by atoms with Gasteiger partial charge in [0.05, 0.1) is 0 Å². The highest BCUT2D eigenvalue weighted by atomic mass is 127. The van der Waals surface area contributed by atoms with Crippen LogP contribution in [0.25, 0.3) is 0 Å². The van der Waals surface area contributed by atoms with E-state index >= 15 is 0 Å². The molecule has 1 rings (SSSR count). The van der Waals surface area contributed by atoms with Crippen LogP contribution in [0.1, 0.15) is 42.9 Å². The molecule has 1 aromatic carbocycles. The fourth-order valence-corrected chi connectivity index (χ4v) is 2.36. The maximum absolute atomic E-state index is 9.99. The van der Waals surface area contributed by atoms with Crippen LogP contribution in [-0.4, -0.2) is 9.53 Å². The number of hydrogen-bond donors (Lipinski definition) is 1. The number of phenols is 1. The molecule has 1 N–H and O–H groups in total. The SMILES string of the molecule is CCC(C)c1cc(CCI)cc(C)c1O. The van der Waals surface area contributed by atoms with Crippen LogP contribution in [0, 0.1) is 6.92 Å². The molecular formula is C13H19IO. The summed E-state index contributed by atoms with van der Waals surface area (Å²) in [5.41, 5.74) is 3.46. The van der Waals surface area contributed by atoms with Crippen molar-refractivity contribution < 1.29 is 5.11 Å².